The van der Waals surface area contributed by atoms with Gasteiger partial charge in [-0.05, 0) is 23.8 Å². The van der Waals surface area contributed by atoms with Crippen molar-refractivity contribution in [3.63, 3.8) is 0 Å². The molecule has 0 spiro atoms. The fourth-order valence-electron chi connectivity index (χ4n) is 4.70. The zero-order chi connectivity index (χ0) is 20.2. The smallest absolute Gasteiger partial charge is 0.174 e. The Labute approximate surface area is 180 Å². The van der Waals surface area contributed by atoms with Crippen molar-refractivity contribution in [3.05, 3.63) is 89.5 Å². The average Bonchev–Trinajstić information content (AvgIpc) is 3.27. The summed E-state index contributed by atoms with van der Waals surface area (Å²) in [6.07, 6.45) is 0. The van der Waals surface area contributed by atoms with Gasteiger partial charge in [-0.1, -0.05) is 77.8 Å². The molecule has 1 aliphatic heterocycles. The Hall–Kier alpha value is -2.36. The van der Waals surface area contributed by atoms with Crippen molar-refractivity contribution in [2.45, 2.75) is 15.9 Å². The van der Waals surface area contributed by atoms with E-state index in [-0.39, 0.29) is 11.8 Å². The molecule has 0 saturated heterocycles. The third-order valence-corrected chi connectivity index (χ3v) is 7.10. The number of halogens is 2. The van der Waals surface area contributed by atoms with Crippen LogP contribution in [0.25, 0.3) is 0 Å². The van der Waals surface area contributed by atoms with Gasteiger partial charge in [0.2, 0.25) is 0 Å². The van der Waals surface area contributed by atoms with Crippen molar-refractivity contribution in [1.82, 2.24) is 0 Å². The fraction of sp³-hybridized carbons (Fsp3) is 0.250. The summed E-state index contributed by atoms with van der Waals surface area (Å²) in [7, 11) is 3.23. The van der Waals surface area contributed by atoms with Crippen LogP contribution in [0.3, 0.4) is 0 Å². The van der Waals surface area contributed by atoms with Crippen LogP contribution >= 0.6 is 23.2 Å². The molecule has 0 amide bonds. The van der Waals surface area contributed by atoms with E-state index in [1.54, 1.807) is 14.2 Å². The third-order valence-electron chi connectivity index (χ3n) is 6.07. The largest absolute Gasteiger partial charge is 0.493 e. The Kier molecular flexibility index (Phi) is 4.23. The summed E-state index contributed by atoms with van der Waals surface area (Å²) in [4.78, 5) is 0. The van der Waals surface area contributed by atoms with Gasteiger partial charge < -0.3 is 14.2 Å². The average molecular weight is 427 g/mol. The Morgan fingerprint density at radius 3 is 2.24 bits per heavy atom. The van der Waals surface area contributed by atoms with Crippen LogP contribution < -0.4 is 14.2 Å². The Balaban J connectivity index is 1.71. The van der Waals surface area contributed by atoms with E-state index >= 15 is 0 Å². The van der Waals surface area contributed by atoms with Crippen molar-refractivity contribution in [3.8, 4) is 17.2 Å². The number of benzene rings is 3. The second-order valence-corrected chi connectivity index (χ2v) is 8.82. The zero-order valence-corrected chi connectivity index (χ0v) is 17.6. The molecular formula is C24H20Cl2O3. The van der Waals surface area contributed by atoms with Crippen molar-refractivity contribution in [2.24, 2.45) is 5.92 Å². The number of hydrogen-bond donors (Lipinski definition) is 0. The van der Waals surface area contributed by atoms with Gasteiger partial charge in [0.1, 0.15) is 5.75 Å². The molecule has 3 atom stereocenters. The molecule has 5 heteroatoms. The number of alkyl halides is 2. The van der Waals surface area contributed by atoms with E-state index in [0.29, 0.717) is 11.5 Å². The van der Waals surface area contributed by atoms with Crippen LogP contribution in [-0.4, -0.2) is 18.6 Å². The SMILES string of the molecule is COc1ccc([C@]23Oc4ccccc4[C@H](c4ccccc4)[C@H]2C3(Cl)Cl)cc1OC. The van der Waals surface area contributed by atoms with E-state index in [4.69, 9.17) is 37.4 Å². The summed E-state index contributed by atoms with van der Waals surface area (Å²) < 4.78 is 16.4. The maximum atomic E-state index is 6.98. The van der Waals surface area contributed by atoms with Crippen molar-refractivity contribution in [1.29, 1.82) is 0 Å². The van der Waals surface area contributed by atoms with Gasteiger partial charge in [-0.15, -0.1) is 0 Å². The van der Waals surface area contributed by atoms with Crippen molar-refractivity contribution < 1.29 is 14.2 Å². The summed E-state index contributed by atoms with van der Waals surface area (Å²) in [5.74, 6) is 1.94. The first-order valence-electron chi connectivity index (χ1n) is 9.48. The highest BCUT2D eigenvalue weighted by atomic mass is 35.5. The van der Waals surface area contributed by atoms with Crippen LogP contribution in [0.1, 0.15) is 22.6 Å². The summed E-state index contributed by atoms with van der Waals surface area (Å²) in [5, 5.41) is 0. The summed E-state index contributed by atoms with van der Waals surface area (Å²) >= 11 is 14.0. The number of methoxy groups -OCH3 is 2. The Morgan fingerprint density at radius 1 is 0.828 bits per heavy atom. The van der Waals surface area contributed by atoms with Gasteiger partial charge in [0.25, 0.3) is 0 Å². The highest BCUT2D eigenvalue weighted by Gasteiger charge is 2.83. The molecule has 1 aliphatic carbocycles. The third kappa shape index (κ3) is 2.50. The van der Waals surface area contributed by atoms with Gasteiger partial charge in [0, 0.05) is 17.0 Å². The number of fused-ring (bicyclic) bond motifs is 2. The van der Waals surface area contributed by atoms with Crippen LogP contribution in [0.15, 0.2) is 72.8 Å². The van der Waals surface area contributed by atoms with E-state index < -0.39 is 9.93 Å². The predicted octanol–water partition coefficient (Wildman–Crippen LogP) is 5.93. The molecule has 5 rings (SSSR count). The van der Waals surface area contributed by atoms with Crippen LogP contribution in [0.2, 0.25) is 0 Å². The van der Waals surface area contributed by atoms with E-state index in [1.165, 1.54) is 5.56 Å². The van der Waals surface area contributed by atoms with E-state index in [2.05, 4.69) is 18.2 Å². The molecule has 29 heavy (non-hydrogen) atoms. The first-order chi connectivity index (χ1) is 14.0. The number of hydrogen-bond acceptors (Lipinski definition) is 3. The maximum Gasteiger partial charge on any atom is 0.174 e. The van der Waals surface area contributed by atoms with E-state index in [0.717, 1.165) is 16.9 Å². The molecule has 1 saturated carbocycles. The van der Waals surface area contributed by atoms with E-state index in [1.807, 2.05) is 54.6 Å². The molecule has 0 N–H and O–H groups in total. The number of para-hydroxylation sites is 1. The molecule has 1 heterocycles. The fourth-order valence-corrected chi connectivity index (χ4v) is 5.68. The molecular weight excluding hydrogens is 407 g/mol. The molecule has 148 valence electrons. The van der Waals surface area contributed by atoms with Crippen molar-refractivity contribution >= 4 is 23.2 Å². The molecule has 3 aromatic carbocycles. The molecule has 0 bridgehead atoms. The quantitative estimate of drug-likeness (QED) is 0.484. The van der Waals surface area contributed by atoms with E-state index in [9.17, 15) is 0 Å². The van der Waals surface area contributed by atoms with Crippen LogP contribution in [0.4, 0.5) is 0 Å². The van der Waals surface area contributed by atoms with Crippen LogP contribution in [0, 0.1) is 5.92 Å². The number of ether oxygens (including phenoxy) is 3. The van der Waals surface area contributed by atoms with Gasteiger partial charge in [0.05, 0.1) is 20.1 Å². The molecule has 0 aromatic heterocycles. The highest BCUT2D eigenvalue weighted by Crippen LogP contribution is 2.77. The van der Waals surface area contributed by atoms with Gasteiger partial charge >= 0.3 is 0 Å². The minimum absolute atomic E-state index is 0.0178. The van der Waals surface area contributed by atoms with Crippen LogP contribution in [0.5, 0.6) is 17.2 Å². The topological polar surface area (TPSA) is 27.7 Å². The zero-order valence-electron chi connectivity index (χ0n) is 16.1. The van der Waals surface area contributed by atoms with Gasteiger partial charge in [-0.3, -0.25) is 0 Å². The van der Waals surface area contributed by atoms with Crippen molar-refractivity contribution in [2.75, 3.05) is 14.2 Å². The second kappa shape index (κ2) is 6.58. The van der Waals surface area contributed by atoms with Gasteiger partial charge in [-0.25, -0.2) is 0 Å². The lowest BCUT2D eigenvalue weighted by Crippen LogP contribution is -2.28. The summed E-state index contributed by atoms with van der Waals surface area (Å²) in [6, 6.07) is 24.1. The molecule has 1 fully saturated rings. The normalized spacial score (nSPS) is 25.9. The first kappa shape index (κ1) is 18.7. The molecule has 3 aromatic rings. The molecule has 2 aliphatic rings. The Bertz CT molecular complexity index is 1070. The van der Waals surface area contributed by atoms with Gasteiger partial charge in [-0.2, -0.15) is 0 Å². The first-order valence-corrected chi connectivity index (χ1v) is 10.2. The molecule has 0 radical (unpaired) electrons. The minimum Gasteiger partial charge on any atom is -0.493 e. The standard InChI is InChI=1S/C24H20Cl2O3/c1-27-19-13-12-16(14-20(19)28-2)23-22(24(23,25)26)21(15-8-4-3-5-9-15)17-10-6-7-11-18(17)29-23/h3-14,21-22H,1-2H3/t21-,22+,23-/m0/s1. The lowest BCUT2D eigenvalue weighted by molar-refractivity contribution is 0.137. The predicted molar refractivity (Wildman–Crippen MR) is 115 cm³/mol. The lowest BCUT2D eigenvalue weighted by atomic mass is 9.82. The van der Waals surface area contributed by atoms with Crippen LogP contribution in [-0.2, 0) is 5.60 Å². The lowest BCUT2D eigenvalue weighted by Gasteiger charge is -2.32. The Morgan fingerprint density at radius 2 is 1.52 bits per heavy atom. The summed E-state index contributed by atoms with van der Waals surface area (Å²) in [6.45, 7) is 0. The minimum atomic E-state index is -1.09. The molecule has 3 nitrogen and oxygen atoms in total. The van der Waals surface area contributed by atoms with Gasteiger partial charge in [0.15, 0.2) is 21.4 Å². The monoisotopic (exact) mass is 426 g/mol. The molecule has 0 unspecified atom stereocenters. The highest BCUT2D eigenvalue weighted by molar-refractivity contribution is 6.52. The number of rotatable bonds is 4. The second-order valence-electron chi connectivity index (χ2n) is 7.43. The summed E-state index contributed by atoms with van der Waals surface area (Å²) in [5.41, 5.74) is 2.27. The maximum absolute atomic E-state index is 6.98.